The predicted octanol–water partition coefficient (Wildman–Crippen LogP) is 0.729. The third-order valence-corrected chi connectivity index (χ3v) is 1.36. The van der Waals surface area contributed by atoms with Gasteiger partial charge in [0.2, 0.25) is 6.41 Å². The van der Waals surface area contributed by atoms with E-state index in [4.69, 9.17) is 10.5 Å². The van der Waals surface area contributed by atoms with Crippen LogP contribution in [0.25, 0.3) is 0 Å². The van der Waals surface area contributed by atoms with E-state index >= 15 is 0 Å². The van der Waals surface area contributed by atoms with Gasteiger partial charge in [-0.05, 0) is 33.7 Å². The number of amides is 2. The second-order valence-corrected chi connectivity index (χ2v) is 3.92. The van der Waals surface area contributed by atoms with Crippen molar-refractivity contribution in [2.45, 2.75) is 32.8 Å². The monoisotopic (exact) mass is 202 g/mol. The third kappa shape index (κ3) is 5.53. The maximum Gasteiger partial charge on any atom is 0.416 e. The van der Waals surface area contributed by atoms with Crippen LogP contribution in [-0.2, 0) is 9.53 Å². The summed E-state index contributed by atoms with van der Waals surface area (Å²) in [6.45, 7) is 5.98. The Labute approximate surface area is 84.2 Å². The number of hydrogen-bond acceptors (Lipinski definition) is 4. The number of hydrogen-bond donors (Lipinski definition) is 1. The lowest BCUT2D eigenvalue weighted by Gasteiger charge is -2.23. The summed E-state index contributed by atoms with van der Waals surface area (Å²) in [5.74, 6) is 0. The average molecular weight is 202 g/mol. The zero-order chi connectivity index (χ0) is 11.2. The van der Waals surface area contributed by atoms with Crippen molar-refractivity contribution in [3.8, 4) is 0 Å². The second kappa shape index (κ2) is 5.59. The molecule has 0 saturated heterocycles. The van der Waals surface area contributed by atoms with Gasteiger partial charge >= 0.3 is 6.09 Å². The standard InChI is InChI=1S/C9H18N2O3/c1-9(2,3)14-8(13)11(7-12)6-4-5-10/h7H,4-6,10H2,1-3H3. The van der Waals surface area contributed by atoms with Crippen LogP contribution in [0.3, 0.4) is 0 Å². The summed E-state index contributed by atoms with van der Waals surface area (Å²) in [6.07, 6.45) is 0.419. The number of carbonyl (C=O) groups is 2. The van der Waals surface area contributed by atoms with E-state index in [0.29, 0.717) is 25.9 Å². The fourth-order valence-electron chi connectivity index (χ4n) is 0.769. The molecule has 14 heavy (non-hydrogen) atoms. The molecule has 0 aromatic carbocycles. The van der Waals surface area contributed by atoms with Gasteiger partial charge in [-0.25, -0.2) is 9.69 Å². The zero-order valence-corrected chi connectivity index (χ0v) is 8.95. The third-order valence-electron chi connectivity index (χ3n) is 1.36. The number of nitrogens with two attached hydrogens (primary N) is 1. The van der Waals surface area contributed by atoms with Gasteiger partial charge in [-0.15, -0.1) is 0 Å². The summed E-state index contributed by atoms with van der Waals surface area (Å²) >= 11 is 0. The summed E-state index contributed by atoms with van der Waals surface area (Å²) in [5, 5.41) is 0. The lowest BCUT2D eigenvalue weighted by molar-refractivity contribution is -0.117. The van der Waals surface area contributed by atoms with Gasteiger partial charge < -0.3 is 10.5 Å². The Morgan fingerprint density at radius 2 is 2.07 bits per heavy atom. The lowest BCUT2D eigenvalue weighted by atomic mass is 10.2. The van der Waals surface area contributed by atoms with E-state index in [9.17, 15) is 9.59 Å². The normalized spacial score (nSPS) is 10.9. The van der Waals surface area contributed by atoms with Crippen molar-refractivity contribution in [1.29, 1.82) is 0 Å². The van der Waals surface area contributed by atoms with Gasteiger partial charge in [0.25, 0.3) is 0 Å². The predicted molar refractivity (Wildman–Crippen MR) is 52.7 cm³/mol. The summed E-state index contributed by atoms with van der Waals surface area (Å²) in [5.41, 5.74) is 4.68. The molecule has 0 atom stereocenters. The molecule has 0 aromatic rings. The Hall–Kier alpha value is -1.10. The second-order valence-electron chi connectivity index (χ2n) is 3.92. The first-order valence-electron chi connectivity index (χ1n) is 4.55. The topological polar surface area (TPSA) is 72.6 Å². The van der Waals surface area contributed by atoms with Crippen LogP contribution in [-0.4, -0.2) is 36.1 Å². The SMILES string of the molecule is CC(C)(C)OC(=O)N(C=O)CCCN. The van der Waals surface area contributed by atoms with Crippen molar-refractivity contribution < 1.29 is 14.3 Å². The molecule has 0 bridgehead atoms. The highest BCUT2D eigenvalue weighted by Gasteiger charge is 2.20. The van der Waals surface area contributed by atoms with Crippen LogP contribution in [0.4, 0.5) is 4.79 Å². The maximum atomic E-state index is 11.3. The van der Waals surface area contributed by atoms with Crippen molar-refractivity contribution in [2.24, 2.45) is 5.73 Å². The van der Waals surface area contributed by atoms with Crippen LogP contribution in [0.15, 0.2) is 0 Å². The Bertz CT molecular complexity index is 199. The van der Waals surface area contributed by atoms with E-state index < -0.39 is 11.7 Å². The molecule has 0 fully saturated rings. The van der Waals surface area contributed by atoms with Crippen LogP contribution in [0.5, 0.6) is 0 Å². The number of carbonyl (C=O) groups excluding carboxylic acids is 2. The fraction of sp³-hybridized carbons (Fsp3) is 0.778. The van der Waals surface area contributed by atoms with Gasteiger partial charge in [-0.3, -0.25) is 4.79 Å². The number of nitrogens with zero attached hydrogens (tertiary/aromatic N) is 1. The highest BCUT2D eigenvalue weighted by molar-refractivity contribution is 5.80. The van der Waals surface area contributed by atoms with Gasteiger partial charge in [0.15, 0.2) is 0 Å². The highest BCUT2D eigenvalue weighted by atomic mass is 16.6. The van der Waals surface area contributed by atoms with E-state index in [2.05, 4.69) is 0 Å². The minimum absolute atomic E-state index is 0.301. The molecular formula is C9H18N2O3. The molecular weight excluding hydrogens is 184 g/mol. The summed E-state index contributed by atoms with van der Waals surface area (Å²) in [6, 6.07) is 0. The first-order valence-corrected chi connectivity index (χ1v) is 4.55. The summed E-state index contributed by atoms with van der Waals surface area (Å²) in [4.78, 5) is 22.8. The van der Waals surface area contributed by atoms with Crippen LogP contribution < -0.4 is 5.73 Å². The van der Waals surface area contributed by atoms with Crippen LogP contribution in [0.2, 0.25) is 0 Å². The first kappa shape index (κ1) is 12.9. The molecule has 0 aliphatic heterocycles. The molecule has 0 rings (SSSR count). The van der Waals surface area contributed by atoms with Gasteiger partial charge in [-0.1, -0.05) is 0 Å². The van der Waals surface area contributed by atoms with Crippen molar-refractivity contribution in [3.63, 3.8) is 0 Å². The van der Waals surface area contributed by atoms with Crippen molar-refractivity contribution >= 4 is 12.5 Å². The minimum atomic E-state index is -0.624. The van der Waals surface area contributed by atoms with E-state index in [-0.39, 0.29) is 0 Å². The minimum Gasteiger partial charge on any atom is -0.443 e. The van der Waals surface area contributed by atoms with Gasteiger partial charge in [0, 0.05) is 6.54 Å². The highest BCUT2D eigenvalue weighted by Crippen LogP contribution is 2.09. The molecule has 82 valence electrons. The van der Waals surface area contributed by atoms with Crippen molar-refractivity contribution in [2.75, 3.05) is 13.1 Å². The largest absolute Gasteiger partial charge is 0.443 e. The van der Waals surface area contributed by atoms with Gasteiger partial charge in [0.1, 0.15) is 5.60 Å². The van der Waals surface area contributed by atoms with Gasteiger partial charge in [0.05, 0.1) is 0 Å². The van der Waals surface area contributed by atoms with Crippen LogP contribution in [0.1, 0.15) is 27.2 Å². The molecule has 2 N–H and O–H groups in total. The molecule has 0 aliphatic carbocycles. The Balaban J connectivity index is 4.11. The molecule has 0 spiro atoms. The maximum absolute atomic E-state index is 11.3. The van der Waals surface area contributed by atoms with E-state index in [1.165, 1.54) is 0 Å². The zero-order valence-electron chi connectivity index (χ0n) is 8.95. The molecule has 0 aromatic heterocycles. The molecule has 0 radical (unpaired) electrons. The van der Waals surface area contributed by atoms with E-state index in [0.717, 1.165) is 4.90 Å². The number of rotatable bonds is 4. The van der Waals surface area contributed by atoms with E-state index in [1.54, 1.807) is 20.8 Å². The lowest BCUT2D eigenvalue weighted by Crippen LogP contribution is -2.37. The molecule has 0 aliphatic rings. The first-order chi connectivity index (χ1) is 6.40. The van der Waals surface area contributed by atoms with Crippen LogP contribution in [0, 0.1) is 0 Å². The Morgan fingerprint density at radius 3 is 2.43 bits per heavy atom. The average Bonchev–Trinajstić information content (AvgIpc) is 2.02. The smallest absolute Gasteiger partial charge is 0.416 e. The number of ether oxygens (including phenoxy) is 1. The van der Waals surface area contributed by atoms with Crippen LogP contribution >= 0.6 is 0 Å². The molecule has 2 amide bonds. The summed E-state index contributed by atoms with van der Waals surface area (Å²) in [7, 11) is 0. The molecule has 0 unspecified atom stereocenters. The molecule has 5 nitrogen and oxygen atoms in total. The summed E-state index contributed by atoms with van der Waals surface area (Å²) < 4.78 is 5.00. The molecule has 0 saturated carbocycles. The molecule has 5 heteroatoms. The number of imide groups is 1. The molecule has 0 heterocycles. The van der Waals surface area contributed by atoms with Gasteiger partial charge in [-0.2, -0.15) is 0 Å². The van der Waals surface area contributed by atoms with Crippen molar-refractivity contribution in [1.82, 2.24) is 4.90 Å². The quantitative estimate of drug-likeness (QED) is 0.682. The van der Waals surface area contributed by atoms with E-state index in [1.807, 2.05) is 0 Å². The van der Waals surface area contributed by atoms with Crippen molar-refractivity contribution in [3.05, 3.63) is 0 Å². The Kier molecular flexibility index (Phi) is 5.15. The fourth-order valence-corrected chi connectivity index (χ4v) is 0.769. The Morgan fingerprint density at radius 1 is 1.50 bits per heavy atom.